The van der Waals surface area contributed by atoms with Gasteiger partial charge < -0.3 is 11.1 Å². The summed E-state index contributed by atoms with van der Waals surface area (Å²) in [5.74, 6) is 6.73. The molecule has 3 atom stereocenters. The van der Waals surface area contributed by atoms with Gasteiger partial charge in [0.15, 0.2) is 0 Å². The molecule has 1 aliphatic rings. The Kier molecular flexibility index (Phi) is 5.35. The van der Waals surface area contributed by atoms with Gasteiger partial charge in [-0.15, -0.1) is 0 Å². The normalized spacial score (nSPS) is 24.8. The molecule has 1 aromatic rings. The van der Waals surface area contributed by atoms with Gasteiger partial charge in [-0.05, 0) is 30.4 Å². The number of carbonyl (C=O) groups excluding carboxylic acids is 1. The number of carbonyl (C=O) groups is 1. The van der Waals surface area contributed by atoms with Crippen LogP contribution in [-0.4, -0.2) is 23.5 Å². The van der Waals surface area contributed by atoms with Crippen molar-refractivity contribution in [1.82, 2.24) is 10.3 Å². The average molecular weight is 285 g/mol. The monoisotopic (exact) mass is 285 g/mol. The molecule has 4 nitrogen and oxygen atoms in total. The van der Waals surface area contributed by atoms with Crippen molar-refractivity contribution >= 4 is 5.91 Å². The van der Waals surface area contributed by atoms with E-state index in [2.05, 4.69) is 36.0 Å². The summed E-state index contributed by atoms with van der Waals surface area (Å²) < 4.78 is 0. The standard InChI is InChI=1S/C17H23N3O/c1-12-5-3-7-15(13(12)2)20-17(21)16-9-8-14(11-19-16)6-4-10-18/h8-9,11-13,15H,3,5,7,10,18H2,1-2H3,(H,20,21). The first-order chi connectivity index (χ1) is 10.1. The van der Waals surface area contributed by atoms with E-state index in [0.717, 1.165) is 12.0 Å². The fraction of sp³-hybridized carbons (Fsp3) is 0.529. The molecule has 0 aromatic carbocycles. The second kappa shape index (κ2) is 7.24. The number of pyridine rings is 1. The molecule has 1 fully saturated rings. The van der Waals surface area contributed by atoms with Gasteiger partial charge in [-0.25, -0.2) is 4.98 Å². The molecule has 0 bridgehead atoms. The van der Waals surface area contributed by atoms with Gasteiger partial charge in [-0.2, -0.15) is 0 Å². The highest BCUT2D eigenvalue weighted by molar-refractivity contribution is 5.92. The van der Waals surface area contributed by atoms with Crippen LogP contribution in [0, 0.1) is 23.7 Å². The smallest absolute Gasteiger partial charge is 0.270 e. The highest BCUT2D eigenvalue weighted by Gasteiger charge is 2.28. The zero-order chi connectivity index (χ0) is 15.2. The largest absolute Gasteiger partial charge is 0.348 e. The summed E-state index contributed by atoms with van der Waals surface area (Å²) in [6, 6.07) is 3.77. The Labute approximate surface area is 126 Å². The van der Waals surface area contributed by atoms with E-state index in [4.69, 9.17) is 5.73 Å². The van der Waals surface area contributed by atoms with Crippen molar-refractivity contribution in [2.75, 3.05) is 6.54 Å². The summed E-state index contributed by atoms with van der Waals surface area (Å²) in [5, 5.41) is 3.12. The van der Waals surface area contributed by atoms with Gasteiger partial charge in [0.2, 0.25) is 0 Å². The molecule has 3 N–H and O–H groups in total. The predicted molar refractivity (Wildman–Crippen MR) is 83.6 cm³/mol. The lowest BCUT2D eigenvalue weighted by atomic mass is 9.78. The number of rotatable bonds is 2. The number of hydrogen-bond donors (Lipinski definition) is 2. The van der Waals surface area contributed by atoms with E-state index in [0.29, 0.717) is 24.1 Å². The van der Waals surface area contributed by atoms with E-state index in [-0.39, 0.29) is 11.9 Å². The summed E-state index contributed by atoms with van der Waals surface area (Å²) in [5.41, 5.74) is 6.54. The summed E-state index contributed by atoms with van der Waals surface area (Å²) in [7, 11) is 0. The second-order valence-corrected chi connectivity index (χ2v) is 5.79. The quantitative estimate of drug-likeness (QED) is 0.816. The van der Waals surface area contributed by atoms with Crippen LogP contribution in [0.3, 0.4) is 0 Å². The molecular weight excluding hydrogens is 262 g/mol. The Morgan fingerprint density at radius 1 is 1.43 bits per heavy atom. The first-order valence-electron chi connectivity index (χ1n) is 7.57. The fourth-order valence-corrected chi connectivity index (χ4v) is 2.78. The van der Waals surface area contributed by atoms with E-state index >= 15 is 0 Å². The predicted octanol–water partition coefficient (Wildman–Crippen LogP) is 1.95. The van der Waals surface area contributed by atoms with Crippen LogP contribution in [0.2, 0.25) is 0 Å². The van der Waals surface area contributed by atoms with Gasteiger partial charge in [0, 0.05) is 17.8 Å². The minimum atomic E-state index is -0.0979. The molecule has 1 heterocycles. The molecule has 1 aliphatic carbocycles. The number of hydrogen-bond acceptors (Lipinski definition) is 3. The lowest BCUT2D eigenvalue weighted by Crippen LogP contribution is -2.43. The molecule has 2 rings (SSSR count). The van der Waals surface area contributed by atoms with Crippen molar-refractivity contribution in [2.24, 2.45) is 17.6 Å². The third-order valence-corrected chi connectivity index (χ3v) is 4.35. The molecule has 0 spiro atoms. The third-order valence-electron chi connectivity index (χ3n) is 4.35. The Hall–Kier alpha value is -1.86. The molecule has 21 heavy (non-hydrogen) atoms. The number of amides is 1. The van der Waals surface area contributed by atoms with Crippen LogP contribution < -0.4 is 11.1 Å². The lowest BCUT2D eigenvalue weighted by molar-refractivity contribution is 0.0886. The van der Waals surface area contributed by atoms with E-state index in [9.17, 15) is 4.79 Å². The lowest BCUT2D eigenvalue weighted by Gasteiger charge is -2.34. The van der Waals surface area contributed by atoms with E-state index in [1.165, 1.54) is 12.8 Å². The molecule has 1 saturated carbocycles. The molecule has 0 aliphatic heterocycles. The highest BCUT2D eigenvalue weighted by Crippen LogP contribution is 2.29. The van der Waals surface area contributed by atoms with Crippen LogP contribution in [-0.2, 0) is 0 Å². The Morgan fingerprint density at radius 2 is 2.24 bits per heavy atom. The number of nitrogens with two attached hydrogens (primary N) is 1. The number of aromatic nitrogens is 1. The van der Waals surface area contributed by atoms with Gasteiger partial charge in [0.25, 0.3) is 5.91 Å². The van der Waals surface area contributed by atoms with Gasteiger partial charge in [0.1, 0.15) is 5.69 Å². The van der Waals surface area contributed by atoms with Crippen molar-refractivity contribution in [3.8, 4) is 11.8 Å². The average Bonchev–Trinajstić information content (AvgIpc) is 2.50. The van der Waals surface area contributed by atoms with Crippen LogP contribution in [0.4, 0.5) is 0 Å². The second-order valence-electron chi connectivity index (χ2n) is 5.79. The summed E-state index contributed by atoms with van der Waals surface area (Å²) in [6.07, 6.45) is 5.10. The van der Waals surface area contributed by atoms with Crippen molar-refractivity contribution in [1.29, 1.82) is 0 Å². The van der Waals surface area contributed by atoms with Gasteiger partial charge in [-0.1, -0.05) is 38.5 Å². The topological polar surface area (TPSA) is 68.0 Å². The zero-order valence-electron chi connectivity index (χ0n) is 12.7. The van der Waals surface area contributed by atoms with E-state index in [1.807, 2.05) is 0 Å². The minimum absolute atomic E-state index is 0.0979. The van der Waals surface area contributed by atoms with Crippen molar-refractivity contribution in [3.63, 3.8) is 0 Å². The summed E-state index contributed by atoms with van der Waals surface area (Å²) in [4.78, 5) is 16.4. The molecular formula is C17H23N3O. The third kappa shape index (κ3) is 4.05. The fourth-order valence-electron chi connectivity index (χ4n) is 2.78. The van der Waals surface area contributed by atoms with Crippen molar-refractivity contribution in [2.45, 2.75) is 39.2 Å². The summed E-state index contributed by atoms with van der Waals surface area (Å²) in [6.45, 7) is 4.79. The number of nitrogens with zero attached hydrogens (tertiary/aromatic N) is 1. The summed E-state index contributed by atoms with van der Waals surface area (Å²) >= 11 is 0. The molecule has 3 unspecified atom stereocenters. The van der Waals surface area contributed by atoms with E-state index in [1.54, 1.807) is 18.3 Å². The SMILES string of the molecule is CC1CCCC(NC(=O)c2ccc(C#CCN)cn2)C1C. The van der Waals surface area contributed by atoms with Crippen molar-refractivity contribution < 1.29 is 4.79 Å². The zero-order valence-corrected chi connectivity index (χ0v) is 12.7. The Bertz CT molecular complexity index is 541. The Morgan fingerprint density at radius 3 is 2.90 bits per heavy atom. The maximum atomic E-state index is 12.3. The van der Waals surface area contributed by atoms with E-state index < -0.39 is 0 Å². The van der Waals surface area contributed by atoms with Gasteiger partial charge in [-0.3, -0.25) is 4.79 Å². The molecule has 112 valence electrons. The molecule has 1 amide bonds. The van der Waals surface area contributed by atoms with Crippen LogP contribution in [0.15, 0.2) is 18.3 Å². The Balaban J connectivity index is 2.00. The number of nitrogens with one attached hydrogen (secondary N) is 1. The highest BCUT2D eigenvalue weighted by atomic mass is 16.1. The molecule has 1 aromatic heterocycles. The first-order valence-corrected chi connectivity index (χ1v) is 7.57. The maximum Gasteiger partial charge on any atom is 0.270 e. The minimum Gasteiger partial charge on any atom is -0.348 e. The molecule has 0 radical (unpaired) electrons. The van der Waals surface area contributed by atoms with Crippen LogP contribution in [0.5, 0.6) is 0 Å². The van der Waals surface area contributed by atoms with Crippen LogP contribution in [0.25, 0.3) is 0 Å². The molecule has 4 heteroatoms. The van der Waals surface area contributed by atoms with Crippen LogP contribution in [0.1, 0.15) is 49.2 Å². The van der Waals surface area contributed by atoms with Gasteiger partial charge in [0.05, 0.1) is 6.54 Å². The maximum absolute atomic E-state index is 12.3. The van der Waals surface area contributed by atoms with Crippen LogP contribution >= 0.6 is 0 Å². The van der Waals surface area contributed by atoms with Crippen molar-refractivity contribution in [3.05, 3.63) is 29.6 Å². The van der Waals surface area contributed by atoms with Gasteiger partial charge >= 0.3 is 0 Å². The molecule has 0 saturated heterocycles. The first kappa shape index (κ1) is 15.5.